The number of ether oxygens (including phenoxy) is 1. The number of hydrogen-bond donors (Lipinski definition) is 1. The topological polar surface area (TPSA) is 59.4 Å². The molecule has 1 atom stereocenters. The van der Waals surface area contributed by atoms with Gasteiger partial charge in [0.1, 0.15) is 17.4 Å². The number of hydrogen-bond acceptors (Lipinski definition) is 3. The molecule has 0 aliphatic carbocycles. The fourth-order valence-electron chi connectivity index (χ4n) is 4.69. The number of carbonyl (C=O) groups excluding carboxylic acids is 1. The largest absolute Gasteiger partial charge is 0.492 e. The normalized spacial score (nSPS) is 14.6. The Hall–Kier alpha value is -4.13. The summed E-state index contributed by atoms with van der Waals surface area (Å²) in [7, 11) is 0. The van der Waals surface area contributed by atoms with Gasteiger partial charge >= 0.3 is 6.03 Å². The van der Waals surface area contributed by atoms with Crippen LogP contribution < -0.4 is 10.1 Å². The second-order valence-corrected chi connectivity index (χ2v) is 8.63. The van der Waals surface area contributed by atoms with Crippen molar-refractivity contribution in [3.63, 3.8) is 0 Å². The van der Waals surface area contributed by atoms with Crippen LogP contribution in [0.4, 0.5) is 14.9 Å². The van der Waals surface area contributed by atoms with Gasteiger partial charge in [0.05, 0.1) is 30.6 Å². The summed E-state index contributed by atoms with van der Waals surface area (Å²) in [5.74, 6) is 1.09. The van der Waals surface area contributed by atoms with Gasteiger partial charge < -0.3 is 19.5 Å². The number of anilines is 1. The minimum Gasteiger partial charge on any atom is -0.492 e. The molecule has 5 rings (SSSR count). The summed E-state index contributed by atoms with van der Waals surface area (Å²) in [5, 5.41) is 3.05. The molecule has 2 aromatic heterocycles. The van der Waals surface area contributed by atoms with Crippen molar-refractivity contribution < 1.29 is 13.9 Å². The predicted molar refractivity (Wildman–Crippen MR) is 133 cm³/mol. The molecule has 4 aromatic rings. The molecular weight excluding hydrogens is 443 g/mol. The first-order valence-corrected chi connectivity index (χ1v) is 11.7. The zero-order chi connectivity index (χ0) is 24.5. The van der Waals surface area contributed by atoms with Crippen LogP contribution in [-0.2, 0) is 6.54 Å². The van der Waals surface area contributed by atoms with Gasteiger partial charge in [0, 0.05) is 17.5 Å². The number of aromatic nitrogens is 2. The van der Waals surface area contributed by atoms with E-state index in [1.165, 1.54) is 12.1 Å². The molecule has 2 amide bonds. The van der Waals surface area contributed by atoms with E-state index in [1.807, 2.05) is 74.0 Å². The number of aryl methyl sites for hydroxylation is 2. The lowest BCUT2D eigenvalue weighted by Crippen LogP contribution is -2.38. The SMILES string of the molecule is CCOc1ccccc1NC(=O)N1Cc2c(C)cc(C)nc2-n2cccc2[C@@H]1c1ccc(F)cc1. The summed E-state index contributed by atoms with van der Waals surface area (Å²) in [4.78, 5) is 20.5. The summed E-state index contributed by atoms with van der Waals surface area (Å²) in [6.45, 7) is 6.73. The van der Waals surface area contributed by atoms with E-state index < -0.39 is 6.04 Å². The third-order valence-electron chi connectivity index (χ3n) is 6.26. The van der Waals surface area contributed by atoms with Crippen LogP contribution in [0.25, 0.3) is 5.82 Å². The predicted octanol–water partition coefficient (Wildman–Crippen LogP) is 6.16. The van der Waals surface area contributed by atoms with E-state index >= 15 is 0 Å². The number of pyridine rings is 1. The van der Waals surface area contributed by atoms with Crippen molar-refractivity contribution in [3.05, 3.63) is 107 Å². The van der Waals surface area contributed by atoms with Crippen LogP contribution in [0.5, 0.6) is 5.75 Å². The molecule has 0 unspecified atom stereocenters. The number of amides is 2. The first-order valence-electron chi connectivity index (χ1n) is 11.7. The lowest BCUT2D eigenvalue weighted by Gasteiger charge is -2.31. The van der Waals surface area contributed by atoms with Crippen LogP contribution in [0.2, 0.25) is 0 Å². The molecule has 0 radical (unpaired) electrons. The number of nitrogens with one attached hydrogen (secondary N) is 1. The number of fused-ring (bicyclic) bond motifs is 3. The molecule has 178 valence electrons. The van der Waals surface area contributed by atoms with E-state index in [0.717, 1.165) is 33.9 Å². The van der Waals surface area contributed by atoms with E-state index in [1.54, 1.807) is 17.0 Å². The molecule has 0 saturated heterocycles. The van der Waals surface area contributed by atoms with E-state index in [9.17, 15) is 9.18 Å². The van der Waals surface area contributed by atoms with Crippen LogP contribution in [0.1, 0.15) is 41.0 Å². The maximum atomic E-state index is 13.9. The highest BCUT2D eigenvalue weighted by atomic mass is 19.1. The third kappa shape index (κ3) is 4.25. The lowest BCUT2D eigenvalue weighted by molar-refractivity contribution is 0.194. The van der Waals surface area contributed by atoms with Gasteiger partial charge in [0.2, 0.25) is 0 Å². The monoisotopic (exact) mass is 470 g/mol. The fraction of sp³-hybridized carbons (Fsp3) is 0.214. The Balaban J connectivity index is 1.65. The van der Waals surface area contributed by atoms with Crippen LogP contribution in [0.3, 0.4) is 0 Å². The summed E-state index contributed by atoms with van der Waals surface area (Å²) in [6, 6.07) is 18.9. The number of rotatable bonds is 4. The van der Waals surface area contributed by atoms with Crippen LogP contribution >= 0.6 is 0 Å². The highest BCUT2D eigenvalue weighted by Gasteiger charge is 2.34. The molecule has 2 aromatic carbocycles. The van der Waals surface area contributed by atoms with Crippen molar-refractivity contribution in [2.24, 2.45) is 0 Å². The third-order valence-corrected chi connectivity index (χ3v) is 6.26. The number of carbonyl (C=O) groups is 1. The molecule has 1 N–H and O–H groups in total. The first kappa shape index (κ1) is 22.7. The quantitative estimate of drug-likeness (QED) is 0.388. The minimum absolute atomic E-state index is 0.285. The molecular formula is C28H27FN4O2. The second kappa shape index (κ2) is 9.25. The van der Waals surface area contributed by atoms with Crippen molar-refractivity contribution in [1.29, 1.82) is 0 Å². The summed E-state index contributed by atoms with van der Waals surface area (Å²) >= 11 is 0. The highest BCUT2D eigenvalue weighted by molar-refractivity contribution is 5.91. The second-order valence-electron chi connectivity index (χ2n) is 8.63. The molecule has 6 nitrogen and oxygen atoms in total. The van der Waals surface area contributed by atoms with Crippen LogP contribution in [0.15, 0.2) is 72.9 Å². The fourth-order valence-corrected chi connectivity index (χ4v) is 4.69. The first-order chi connectivity index (χ1) is 17.0. The maximum Gasteiger partial charge on any atom is 0.323 e. The summed E-state index contributed by atoms with van der Waals surface area (Å²) in [5.41, 5.74) is 5.20. The van der Waals surface area contributed by atoms with Gasteiger partial charge in [-0.15, -0.1) is 0 Å². The molecule has 1 aliphatic rings. The highest BCUT2D eigenvalue weighted by Crippen LogP contribution is 2.38. The molecule has 3 heterocycles. The van der Waals surface area contributed by atoms with Gasteiger partial charge in [-0.2, -0.15) is 0 Å². The maximum absolute atomic E-state index is 13.9. The number of para-hydroxylation sites is 2. The molecule has 0 bridgehead atoms. The minimum atomic E-state index is -0.459. The van der Waals surface area contributed by atoms with E-state index in [2.05, 4.69) is 5.32 Å². The molecule has 7 heteroatoms. The van der Waals surface area contributed by atoms with Gasteiger partial charge in [-0.1, -0.05) is 24.3 Å². The summed E-state index contributed by atoms with van der Waals surface area (Å²) < 4.78 is 21.6. The zero-order valence-corrected chi connectivity index (χ0v) is 20.0. The molecule has 35 heavy (non-hydrogen) atoms. The van der Waals surface area contributed by atoms with Crippen molar-refractivity contribution in [2.45, 2.75) is 33.4 Å². The molecule has 0 saturated carbocycles. The average Bonchev–Trinajstić information content (AvgIpc) is 3.26. The summed E-state index contributed by atoms with van der Waals surface area (Å²) in [6.07, 6.45) is 1.96. The van der Waals surface area contributed by atoms with Crippen molar-refractivity contribution in [1.82, 2.24) is 14.5 Å². The van der Waals surface area contributed by atoms with Gasteiger partial charge in [-0.25, -0.2) is 14.2 Å². The Morgan fingerprint density at radius 1 is 1.11 bits per heavy atom. The smallest absolute Gasteiger partial charge is 0.323 e. The lowest BCUT2D eigenvalue weighted by atomic mass is 10.0. The van der Waals surface area contributed by atoms with Crippen molar-refractivity contribution in [2.75, 3.05) is 11.9 Å². The Bertz CT molecular complexity index is 1380. The number of halogens is 1. The van der Waals surface area contributed by atoms with Gasteiger partial charge in [0.25, 0.3) is 0 Å². The van der Waals surface area contributed by atoms with Crippen molar-refractivity contribution in [3.8, 4) is 11.6 Å². The molecule has 1 aliphatic heterocycles. The Morgan fingerprint density at radius 3 is 2.66 bits per heavy atom. The standard InChI is InChI=1S/C28H27FN4O2/c1-4-35-25-10-6-5-8-23(25)31-28(34)33-17-22-18(2)16-19(3)30-27(22)32-15-7-9-24(32)26(33)20-11-13-21(29)14-12-20/h5-16,26H,4,17H2,1-3H3,(H,31,34)/t26-/m0/s1. The zero-order valence-electron chi connectivity index (χ0n) is 20.0. The average molecular weight is 471 g/mol. The number of urea groups is 1. The Morgan fingerprint density at radius 2 is 1.89 bits per heavy atom. The molecule has 0 spiro atoms. The number of benzene rings is 2. The van der Waals surface area contributed by atoms with Gasteiger partial charge in [-0.3, -0.25) is 0 Å². The van der Waals surface area contributed by atoms with Crippen LogP contribution in [0, 0.1) is 19.7 Å². The van der Waals surface area contributed by atoms with Gasteiger partial charge in [-0.05, 0) is 74.4 Å². The van der Waals surface area contributed by atoms with E-state index in [0.29, 0.717) is 24.6 Å². The van der Waals surface area contributed by atoms with E-state index in [4.69, 9.17) is 9.72 Å². The van der Waals surface area contributed by atoms with E-state index in [-0.39, 0.29) is 11.8 Å². The molecule has 0 fully saturated rings. The van der Waals surface area contributed by atoms with Crippen LogP contribution in [-0.4, -0.2) is 27.1 Å². The Kier molecular flexibility index (Phi) is 5.99. The Labute approximate surface area is 204 Å². The number of nitrogens with zero attached hydrogens (tertiary/aromatic N) is 3. The van der Waals surface area contributed by atoms with Crippen molar-refractivity contribution >= 4 is 11.7 Å². The van der Waals surface area contributed by atoms with Gasteiger partial charge in [0.15, 0.2) is 0 Å².